The maximum absolute atomic E-state index is 11.9. The number of hydrogen-bond donors (Lipinski definition) is 0. The predicted molar refractivity (Wildman–Crippen MR) is 62.1 cm³/mol. The first kappa shape index (κ1) is 13.9. The van der Waals surface area contributed by atoms with Crippen LogP contribution in [0.2, 0.25) is 0 Å². The van der Waals surface area contributed by atoms with Gasteiger partial charge in [0.25, 0.3) is 0 Å². The van der Waals surface area contributed by atoms with Crippen LogP contribution < -0.4 is 4.74 Å². The van der Waals surface area contributed by atoms with Crippen molar-refractivity contribution in [3.63, 3.8) is 0 Å². The second-order valence-corrected chi connectivity index (χ2v) is 3.67. The number of rotatable bonds is 4. The van der Waals surface area contributed by atoms with Gasteiger partial charge >= 0.3 is 6.36 Å². The van der Waals surface area contributed by atoms with E-state index in [9.17, 15) is 13.2 Å². The van der Waals surface area contributed by atoms with E-state index in [0.717, 1.165) is 17.6 Å². The summed E-state index contributed by atoms with van der Waals surface area (Å²) >= 11 is 5.69. The molecule has 1 aromatic carbocycles. The van der Waals surface area contributed by atoms with Crippen LogP contribution in [0.5, 0.6) is 5.75 Å². The van der Waals surface area contributed by atoms with E-state index in [1.807, 2.05) is 13.0 Å². The zero-order valence-corrected chi connectivity index (χ0v) is 9.98. The summed E-state index contributed by atoms with van der Waals surface area (Å²) in [5, 5.41) is 0. The molecule has 0 atom stereocenters. The van der Waals surface area contributed by atoms with E-state index in [1.165, 1.54) is 12.1 Å². The monoisotopic (exact) mass is 264 g/mol. The first-order valence-corrected chi connectivity index (χ1v) is 5.59. The molecule has 0 aliphatic heterocycles. The van der Waals surface area contributed by atoms with Crippen LogP contribution in [0, 0.1) is 0 Å². The number of halogens is 4. The largest absolute Gasteiger partial charge is 0.573 e. The minimum atomic E-state index is -4.65. The summed E-state index contributed by atoms with van der Waals surface area (Å²) in [5.74, 6) is 0.190. The topological polar surface area (TPSA) is 9.23 Å². The quantitative estimate of drug-likeness (QED) is 0.721. The molecule has 1 aromatic rings. The Morgan fingerprint density at radius 3 is 2.29 bits per heavy atom. The van der Waals surface area contributed by atoms with Crippen molar-refractivity contribution in [3.8, 4) is 5.75 Å². The molecule has 0 aliphatic rings. The maximum Gasteiger partial charge on any atom is 0.573 e. The van der Waals surface area contributed by atoms with Gasteiger partial charge in [0.2, 0.25) is 0 Å². The highest BCUT2D eigenvalue weighted by molar-refractivity contribution is 6.19. The van der Waals surface area contributed by atoms with E-state index in [1.54, 1.807) is 12.1 Å². The molecule has 0 saturated heterocycles. The fraction of sp³-hybridized carbons (Fsp3) is 0.333. The van der Waals surface area contributed by atoms with Crippen molar-refractivity contribution in [1.29, 1.82) is 0 Å². The summed E-state index contributed by atoms with van der Waals surface area (Å²) in [6.45, 7) is 1.97. The van der Waals surface area contributed by atoms with Gasteiger partial charge in [-0.05, 0) is 24.1 Å². The van der Waals surface area contributed by atoms with Crippen molar-refractivity contribution in [2.45, 2.75) is 19.7 Å². The zero-order chi connectivity index (χ0) is 12.9. The van der Waals surface area contributed by atoms with Crippen molar-refractivity contribution in [3.05, 3.63) is 35.4 Å². The van der Waals surface area contributed by atoms with Crippen LogP contribution in [0.15, 0.2) is 29.8 Å². The first-order chi connectivity index (χ1) is 7.94. The van der Waals surface area contributed by atoms with E-state index in [4.69, 9.17) is 11.6 Å². The third kappa shape index (κ3) is 5.13. The van der Waals surface area contributed by atoms with Crippen LogP contribution in [0.3, 0.4) is 0 Å². The van der Waals surface area contributed by atoms with Gasteiger partial charge < -0.3 is 4.74 Å². The van der Waals surface area contributed by atoms with E-state index >= 15 is 0 Å². The standard InChI is InChI=1S/C12H12ClF3O/c1-2-9(8-13)7-10-3-5-11(6-4-10)17-12(14,15)16/h3-7H,2,8H2,1H3. The first-order valence-electron chi connectivity index (χ1n) is 5.06. The van der Waals surface area contributed by atoms with Gasteiger partial charge in [-0.3, -0.25) is 0 Å². The van der Waals surface area contributed by atoms with Crippen molar-refractivity contribution in [1.82, 2.24) is 0 Å². The van der Waals surface area contributed by atoms with Crippen LogP contribution in [0.4, 0.5) is 13.2 Å². The Morgan fingerprint density at radius 1 is 1.29 bits per heavy atom. The van der Waals surface area contributed by atoms with Gasteiger partial charge in [0.05, 0.1) is 0 Å². The lowest BCUT2D eigenvalue weighted by Crippen LogP contribution is -2.16. The van der Waals surface area contributed by atoms with Crippen molar-refractivity contribution in [2.75, 3.05) is 5.88 Å². The SMILES string of the molecule is CCC(=Cc1ccc(OC(F)(F)F)cc1)CCl. The molecule has 0 saturated carbocycles. The predicted octanol–water partition coefficient (Wildman–Crippen LogP) is 4.62. The van der Waals surface area contributed by atoms with Crippen molar-refractivity contribution < 1.29 is 17.9 Å². The smallest absolute Gasteiger partial charge is 0.406 e. The normalized spacial score (nSPS) is 12.6. The summed E-state index contributed by atoms with van der Waals surface area (Å²) in [6, 6.07) is 5.67. The molecule has 0 aliphatic carbocycles. The van der Waals surface area contributed by atoms with Crippen LogP contribution in [-0.4, -0.2) is 12.2 Å². The summed E-state index contributed by atoms with van der Waals surface area (Å²) in [7, 11) is 0. The lowest BCUT2D eigenvalue weighted by Gasteiger charge is -2.08. The van der Waals surface area contributed by atoms with E-state index in [2.05, 4.69) is 4.74 Å². The minimum Gasteiger partial charge on any atom is -0.406 e. The van der Waals surface area contributed by atoms with Gasteiger partial charge in [0.15, 0.2) is 0 Å². The van der Waals surface area contributed by atoms with E-state index < -0.39 is 6.36 Å². The Bertz CT molecular complexity index is 376. The lowest BCUT2D eigenvalue weighted by atomic mass is 10.1. The summed E-state index contributed by atoms with van der Waals surface area (Å²) in [4.78, 5) is 0. The number of hydrogen-bond acceptors (Lipinski definition) is 1. The second kappa shape index (κ2) is 5.96. The molecule has 0 N–H and O–H groups in total. The zero-order valence-electron chi connectivity index (χ0n) is 9.22. The average molecular weight is 265 g/mol. The van der Waals surface area contributed by atoms with Gasteiger partial charge in [0, 0.05) is 5.88 Å². The average Bonchev–Trinajstić information content (AvgIpc) is 2.26. The van der Waals surface area contributed by atoms with Gasteiger partial charge in [-0.15, -0.1) is 24.8 Å². The van der Waals surface area contributed by atoms with Crippen molar-refractivity contribution >= 4 is 17.7 Å². The second-order valence-electron chi connectivity index (χ2n) is 3.41. The lowest BCUT2D eigenvalue weighted by molar-refractivity contribution is -0.274. The molecule has 1 rings (SSSR count). The molecule has 0 unspecified atom stereocenters. The highest BCUT2D eigenvalue weighted by Crippen LogP contribution is 2.23. The van der Waals surface area contributed by atoms with Crippen LogP contribution >= 0.6 is 11.6 Å². The summed E-state index contributed by atoms with van der Waals surface area (Å²) < 4.78 is 39.5. The molecule has 0 spiro atoms. The molecular weight excluding hydrogens is 253 g/mol. The Hall–Kier alpha value is -1.16. The van der Waals surface area contributed by atoms with Gasteiger partial charge in [-0.2, -0.15) is 0 Å². The number of alkyl halides is 4. The molecule has 0 radical (unpaired) electrons. The highest BCUT2D eigenvalue weighted by atomic mass is 35.5. The van der Waals surface area contributed by atoms with Gasteiger partial charge in [-0.1, -0.05) is 30.7 Å². The number of allylic oxidation sites excluding steroid dienone is 1. The van der Waals surface area contributed by atoms with Crippen LogP contribution in [-0.2, 0) is 0 Å². The fourth-order valence-corrected chi connectivity index (χ4v) is 1.50. The summed E-state index contributed by atoms with van der Waals surface area (Å²) in [6.07, 6.45) is -1.99. The molecule has 0 bridgehead atoms. The molecule has 5 heteroatoms. The van der Waals surface area contributed by atoms with E-state index in [-0.39, 0.29) is 5.75 Å². The number of ether oxygens (including phenoxy) is 1. The molecule has 1 nitrogen and oxygen atoms in total. The van der Waals surface area contributed by atoms with Crippen molar-refractivity contribution in [2.24, 2.45) is 0 Å². The molecule has 0 fully saturated rings. The van der Waals surface area contributed by atoms with Crippen LogP contribution in [0.1, 0.15) is 18.9 Å². The van der Waals surface area contributed by atoms with Crippen LogP contribution in [0.25, 0.3) is 6.08 Å². The molecule has 0 heterocycles. The Balaban J connectivity index is 2.78. The Morgan fingerprint density at radius 2 is 1.88 bits per heavy atom. The maximum atomic E-state index is 11.9. The molecule has 17 heavy (non-hydrogen) atoms. The van der Waals surface area contributed by atoms with E-state index in [0.29, 0.717) is 5.88 Å². The summed E-state index contributed by atoms with van der Waals surface area (Å²) in [5.41, 5.74) is 1.83. The molecule has 94 valence electrons. The van der Waals surface area contributed by atoms with Gasteiger partial charge in [0.1, 0.15) is 5.75 Å². The third-order valence-corrected chi connectivity index (χ3v) is 2.45. The highest BCUT2D eigenvalue weighted by Gasteiger charge is 2.30. The van der Waals surface area contributed by atoms with Gasteiger partial charge in [-0.25, -0.2) is 0 Å². The number of benzene rings is 1. The molecule has 0 aromatic heterocycles. The fourth-order valence-electron chi connectivity index (χ4n) is 1.24. The minimum absolute atomic E-state index is 0.224. The molecule has 0 amide bonds. The Kier molecular flexibility index (Phi) is 4.87. The third-order valence-electron chi connectivity index (χ3n) is 2.11. The Labute approximate surface area is 103 Å². The molecular formula is C12H12ClF3O.